The Morgan fingerprint density at radius 3 is 2.29 bits per heavy atom. The van der Waals surface area contributed by atoms with Crippen LogP contribution in [0.4, 0.5) is 5.69 Å². The number of nitrogens with one attached hydrogen (secondary N) is 1. The van der Waals surface area contributed by atoms with E-state index in [1.165, 1.54) is 17.7 Å². The summed E-state index contributed by atoms with van der Waals surface area (Å²) in [6.45, 7) is 5.66. The first-order valence-corrected chi connectivity index (χ1v) is 13.2. The molecule has 35 heavy (non-hydrogen) atoms. The fraction of sp³-hybridized carbons (Fsp3) is 0.296. The Bertz CT molecular complexity index is 1250. The van der Waals surface area contributed by atoms with Crippen LogP contribution in [-0.2, 0) is 16.4 Å². The third kappa shape index (κ3) is 6.41. The van der Waals surface area contributed by atoms with Crippen molar-refractivity contribution in [3.8, 4) is 5.75 Å². The number of piperazine rings is 1. The fourth-order valence-corrected chi connectivity index (χ4v) is 5.17. The van der Waals surface area contributed by atoms with Gasteiger partial charge in [-0.15, -0.1) is 0 Å². The number of nitrogens with zero attached hydrogens (tertiary/aromatic N) is 2. The highest BCUT2D eigenvalue weighted by Gasteiger charge is 2.23. The van der Waals surface area contributed by atoms with Crippen molar-refractivity contribution in [1.29, 1.82) is 0 Å². The molecule has 0 unspecified atom stereocenters. The van der Waals surface area contributed by atoms with Gasteiger partial charge in [-0.1, -0.05) is 35.9 Å². The minimum absolute atomic E-state index is 0.0713. The fourth-order valence-electron chi connectivity index (χ4n) is 4.07. The standard InChI is InChI=1S/C27H31N3O4S/c1-21-6-10-24(11-7-21)28-35(32,33)26-5-3-4-23(20-26)27(31)30-18-16-29(17-19-30)15-14-22-8-12-25(34-2)13-9-22/h3-13,20,28H,14-19H2,1-2H3. The lowest BCUT2D eigenvalue weighted by atomic mass is 10.1. The number of amides is 1. The first-order valence-electron chi connectivity index (χ1n) is 11.7. The quantitative estimate of drug-likeness (QED) is 0.516. The first kappa shape index (κ1) is 24.8. The second-order valence-electron chi connectivity index (χ2n) is 8.73. The Hall–Kier alpha value is -3.36. The molecule has 7 nitrogen and oxygen atoms in total. The number of benzene rings is 3. The number of carbonyl (C=O) groups is 1. The number of hydrogen-bond donors (Lipinski definition) is 1. The van der Waals surface area contributed by atoms with E-state index in [0.717, 1.165) is 37.4 Å². The van der Waals surface area contributed by atoms with Crippen LogP contribution in [0.25, 0.3) is 0 Å². The Balaban J connectivity index is 1.33. The number of hydrogen-bond acceptors (Lipinski definition) is 5. The number of sulfonamides is 1. The second kappa shape index (κ2) is 10.9. The SMILES string of the molecule is COc1ccc(CCN2CCN(C(=O)c3cccc(S(=O)(=O)Nc4ccc(C)cc4)c3)CC2)cc1. The van der Waals surface area contributed by atoms with E-state index in [4.69, 9.17) is 4.74 Å². The lowest BCUT2D eigenvalue weighted by molar-refractivity contribution is 0.0638. The van der Waals surface area contributed by atoms with E-state index in [2.05, 4.69) is 21.8 Å². The van der Waals surface area contributed by atoms with E-state index in [0.29, 0.717) is 24.3 Å². The van der Waals surface area contributed by atoms with Crippen molar-refractivity contribution in [3.05, 3.63) is 89.5 Å². The van der Waals surface area contributed by atoms with Crippen LogP contribution in [0.2, 0.25) is 0 Å². The molecule has 1 fully saturated rings. The summed E-state index contributed by atoms with van der Waals surface area (Å²) in [6.07, 6.45) is 0.936. The monoisotopic (exact) mass is 493 g/mol. The second-order valence-corrected chi connectivity index (χ2v) is 10.4. The van der Waals surface area contributed by atoms with Crippen LogP contribution in [0.3, 0.4) is 0 Å². The van der Waals surface area contributed by atoms with Gasteiger partial charge in [-0.2, -0.15) is 0 Å². The molecule has 1 amide bonds. The van der Waals surface area contributed by atoms with Gasteiger partial charge in [0.05, 0.1) is 12.0 Å². The molecule has 8 heteroatoms. The van der Waals surface area contributed by atoms with Crippen molar-refractivity contribution < 1.29 is 17.9 Å². The molecular weight excluding hydrogens is 462 g/mol. The Labute approximate surface area is 207 Å². The smallest absolute Gasteiger partial charge is 0.261 e. The zero-order valence-electron chi connectivity index (χ0n) is 20.1. The van der Waals surface area contributed by atoms with Crippen molar-refractivity contribution in [3.63, 3.8) is 0 Å². The molecule has 0 saturated carbocycles. The highest BCUT2D eigenvalue weighted by atomic mass is 32.2. The molecule has 1 aliphatic rings. The van der Waals surface area contributed by atoms with Crippen LogP contribution < -0.4 is 9.46 Å². The molecule has 3 aromatic rings. The molecule has 0 spiro atoms. The minimum atomic E-state index is -3.80. The van der Waals surface area contributed by atoms with Gasteiger partial charge in [-0.05, 0) is 61.4 Å². The molecule has 0 atom stereocenters. The van der Waals surface area contributed by atoms with Crippen molar-refractivity contribution in [2.24, 2.45) is 0 Å². The Morgan fingerprint density at radius 2 is 1.63 bits per heavy atom. The van der Waals surface area contributed by atoms with Crippen molar-refractivity contribution in [2.75, 3.05) is 44.6 Å². The topological polar surface area (TPSA) is 79.0 Å². The largest absolute Gasteiger partial charge is 0.497 e. The van der Waals surface area contributed by atoms with E-state index in [1.54, 1.807) is 36.3 Å². The zero-order valence-corrected chi connectivity index (χ0v) is 20.9. The lowest BCUT2D eigenvalue weighted by Crippen LogP contribution is -2.49. The van der Waals surface area contributed by atoms with Crippen molar-refractivity contribution in [1.82, 2.24) is 9.80 Å². The summed E-state index contributed by atoms with van der Waals surface area (Å²) in [5.41, 5.74) is 3.16. The number of ether oxygens (including phenoxy) is 1. The summed E-state index contributed by atoms with van der Waals surface area (Å²) in [6, 6.07) is 21.5. The summed E-state index contributed by atoms with van der Waals surface area (Å²) >= 11 is 0. The zero-order chi connectivity index (χ0) is 24.8. The first-order chi connectivity index (χ1) is 16.8. The number of carbonyl (C=O) groups excluding carboxylic acids is 1. The van der Waals surface area contributed by atoms with Gasteiger partial charge in [-0.25, -0.2) is 8.42 Å². The molecule has 3 aromatic carbocycles. The van der Waals surface area contributed by atoms with Crippen molar-refractivity contribution in [2.45, 2.75) is 18.2 Å². The van der Waals surface area contributed by atoms with Crippen LogP contribution >= 0.6 is 0 Å². The van der Waals surface area contributed by atoms with Gasteiger partial charge in [0.15, 0.2) is 0 Å². The van der Waals surface area contributed by atoms with E-state index in [9.17, 15) is 13.2 Å². The van der Waals surface area contributed by atoms with Crippen LogP contribution in [0.5, 0.6) is 5.75 Å². The molecule has 0 aliphatic carbocycles. The molecule has 0 bridgehead atoms. The van der Waals surface area contributed by atoms with Gasteiger partial charge in [0.2, 0.25) is 0 Å². The molecule has 1 heterocycles. The summed E-state index contributed by atoms with van der Waals surface area (Å²) in [7, 11) is -2.14. The maximum absolute atomic E-state index is 13.1. The highest BCUT2D eigenvalue weighted by molar-refractivity contribution is 7.92. The van der Waals surface area contributed by atoms with Gasteiger partial charge in [0, 0.05) is 44.0 Å². The summed E-state index contributed by atoms with van der Waals surface area (Å²) in [5.74, 6) is 0.705. The van der Waals surface area contributed by atoms with E-state index < -0.39 is 10.0 Å². The van der Waals surface area contributed by atoms with Crippen LogP contribution in [0.1, 0.15) is 21.5 Å². The Morgan fingerprint density at radius 1 is 0.943 bits per heavy atom. The van der Waals surface area contributed by atoms with Gasteiger partial charge in [0.1, 0.15) is 5.75 Å². The number of anilines is 1. The molecular formula is C27H31N3O4S. The Kier molecular flexibility index (Phi) is 7.73. The van der Waals surface area contributed by atoms with E-state index >= 15 is 0 Å². The maximum Gasteiger partial charge on any atom is 0.261 e. The van der Waals surface area contributed by atoms with Crippen LogP contribution in [0.15, 0.2) is 77.7 Å². The minimum Gasteiger partial charge on any atom is -0.497 e. The third-order valence-corrected chi connectivity index (χ3v) is 7.61. The number of rotatable bonds is 8. The number of aryl methyl sites for hydroxylation is 1. The summed E-state index contributed by atoms with van der Waals surface area (Å²) in [4.78, 5) is 17.3. The van der Waals surface area contributed by atoms with Gasteiger partial charge < -0.3 is 9.64 Å². The molecule has 1 aliphatic heterocycles. The van der Waals surface area contributed by atoms with Crippen LogP contribution in [0, 0.1) is 6.92 Å². The normalized spacial score (nSPS) is 14.5. The predicted molar refractivity (Wildman–Crippen MR) is 137 cm³/mol. The maximum atomic E-state index is 13.1. The van der Waals surface area contributed by atoms with Gasteiger partial charge >= 0.3 is 0 Å². The van der Waals surface area contributed by atoms with E-state index in [1.807, 2.05) is 31.2 Å². The summed E-state index contributed by atoms with van der Waals surface area (Å²) < 4.78 is 33.5. The molecule has 1 saturated heterocycles. The summed E-state index contributed by atoms with van der Waals surface area (Å²) in [5, 5.41) is 0. The highest BCUT2D eigenvalue weighted by Crippen LogP contribution is 2.19. The van der Waals surface area contributed by atoms with Gasteiger partial charge in [-0.3, -0.25) is 14.4 Å². The van der Waals surface area contributed by atoms with Crippen molar-refractivity contribution >= 4 is 21.6 Å². The average molecular weight is 494 g/mol. The molecule has 1 N–H and O–H groups in total. The lowest BCUT2D eigenvalue weighted by Gasteiger charge is -2.34. The predicted octanol–water partition coefficient (Wildman–Crippen LogP) is 3.80. The molecule has 4 rings (SSSR count). The van der Waals surface area contributed by atoms with E-state index in [-0.39, 0.29) is 10.8 Å². The number of methoxy groups -OCH3 is 1. The third-order valence-electron chi connectivity index (χ3n) is 6.23. The molecule has 184 valence electrons. The molecule has 0 radical (unpaired) electrons. The van der Waals surface area contributed by atoms with Crippen LogP contribution in [-0.4, -0.2) is 64.0 Å². The van der Waals surface area contributed by atoms with Gasteiger partial charge in [0.25, 0.3) is 15.9 Å². The molecule has 0 aromatic heterocycles. The average Bonchev–Trinajstić information content (AvgIpc) is 2.89.